The molecule has 0 unspecified atom stereocenters. The number of ether oxygens (including phenoxy) is 1. The number of nitrogens with zero attached hydrogens (tertiary/aromatic N) is 4. The lowest BCUT2D eigenvalue weighted by atomic mass is 10.2. The molecule has 0 spiro atoms. The van der Waals surface area contributed by atoms with Crippen molar-refractivity contribution in [2.45, 2.75) is 13.8 Å². The molecule has 0 aliphatic rings. The number of rotatable bonds is 2. The number of fused-ring (bicyclic) bond motifs is 1. The summed E-state index contributed by atoms with van der Waals surface area (Å²) in [5.41, 5.74) is 1.73. The van der Waals surface area contributed by atoms with Crippen LogP contribution in [0, 0.1) is 13.8 Å². The van der Waals surface area contributed by atoms with E-state index in [-0.39, 0.29) is 0 Å². The van der Waals surface area contributed by atoms with Crippen LogP contribution >= 0.6 is 27.5 Å². The monoisotopic (exact) mass is 352 g/mol. The van der Waals surface area contributed by atoms with Crippen molar-refractivity contribution < 1.29 is 4.74 Å². The zero-order valence-corrected chi connectivity index (χ0v) is 13.1. The van der Waals surface area contributed by atoms with Crippen molar-refractivity contribution in [3.05, 3.63) is 45.3 Å². The van der Waals surface area contributed by atoms with E-state index >= 15 is 0 Å². The quantitative estimate of drug-likeness (QED) is 0.700. The Morgan fingerprint density at radius 3 is 2.90 bits per heavy atom. The maximum absolute atomic E-state index is 6.16. The van der Waals surface area contributed by atoms with Gasteiger partial charge in [0.15, 0.2) is 0 Å². The fraction of sp³-hybridized carbons (Fsp3) is 0.154. The lowest BCUT2D eigenvalue weighted by molar-refractivity contribution is 0.441. The van der Waals surface area contributed by atoms with Gasteiger partial charge >= 0.3 is 0 Å². The molecule has 1 aromatic carbocycles. The van der Waals surface area contributed by atoms with Crippen LogP contribution in [0.1, 0.15) is 11.3 Å². The molecule has 0 saturated carbocycles. The Labute approximate surface area is 128 Å². The Kier molecular flexibility index (Phi) is 3.35. The minimum absolute atomic E-state index is 0.495. The third-order valence-corrected chi connectivity index (χ3v) is 3.76. The summed E-state index contributed by atoms with van der Waals surface area (Å²) >= 11 is 9.56. The van der Waals surface area contributed by atoms with Crippen LogP contribution in [0.5, 0.6) is 11.6 Å². The molecule has 3 rings (SSSR count). The zero-order valence-electron chi connectivity index (χ0n) is 10.8. The molecule has 7 heteroatoms. The maximum atomic E-state index is 6.16. The highest BCUT2D eigenvalue weighted by Gasteiger charge is 2.14. The molecular formula is C13H10BrClN4O. The van der Waals surface area contributed by atoms with E-state index in [4.69, 9.17) is 16.3 Å². The van der Waals surface area contributed by atoms with Gasteiger partial charge in [0.2, 0.25) is 5.88 Å². The van der Waals surface area contributed by atoms with Gasteiger partial charge < -0.3 is 4.74 Å². The number of aryl methyl sites for hydroxylation is 1. The molecule has 0 radical (unpaired) electrons. The topological polar surface area (TPSA) is 52.3 Å². The summed E-state index contributed by atoms with van der Waals surface area (Å²) < 4.78 is 8.37. The Hall–Kier alpha value is -1.66. The first-order chi connectivity index (χ1) is 9.56. The van der Waals surface area contributed by atoms with Crippen molar-refractivity contribution in [1.29, 1.82) is 0 Å². The third kappa shape index (κ3) is 2.25. The summed E-state index contributed by atoms with van der Waals surface area (Å²) in [7, 11) is 0. The smallest absolute Gasteiger partial charge is 0.255 e. The van der Waals surface area contributed by atoms with Gasteiger partial charge in [-0.25, -0.2) is 4.98 Å². The van der Waals surface area contributed by atoms with E-state index in [1.807, 2.05) is 19.9 Å². The molecule has 0 amide bonds. The molecule has 3 aromatic rings. The van der Waals surface area contributed by atoms with Gasteiger partial charge in [-0.3, -0.25) is 0 Å². The van der Waals surface area contributed by atoms with Crippen molar-refractivity contribution >= 4 is 33.3 Å². The van der Waals surface area contributed by atoms with E-state index in [9.17, 15) is 0 Å². The van der Waals surface area contributed by atoms with Gasteiger partial charge in [-0.05, 0) is 32.0 Å². The molecule has 0 fully saturated rings. The van der Waals surface area contributed by atoms with Crippen molar-refractivity contribution in [1.82, 2.24) is 19.6 Å². The van der Waals surface area contributed by atoms with Crippen LogP contribution in [0.25, 0.3) is 5.78 Å². The number of aromatic nitrogens is 4. The van der Waals surface area contributed by atoms with E-state index in [2.05, 4.69) is 31.0 Å². The highest BCUT2D eigenvalue weighted by atomic mass is 79.9. The van der Waals surface area contributed by atoms with Crippen molar-refractivity contribution in [2.75, 3.05) is 0 Å². The molecule has 0 bridgehead atoms. The number of hydrogen-bond donors (Lipinski definition) is 0. The number of halogens is 2. The zero-order chi connectivity index (χ0) is 14.3. The van der Waals surface area contributed by atoms with E-state index in [1.54, 1.807) is 16.6 Å². The summed E-state index contributed by atoms with van der Waals surface area (Å²) in [6.07, 6.45) is 1.44. The van der Waals surface area contributed by atoms with Gasteiger partial charge in [0.05, 0.1) is 5.02 Å². The second-order valence-corrected chi connectivity index (χ2v) is 5.60. The molecule has 20 heavy (non-hydrogen) atoms. The molecule has 0 aliphatic carbocycles. The Morgan fingerprint density at radius 2 is 2.10 bits per heavy atom. The van der Waals surface area contributed by atoms with Crippen molar-refractivity contribution in [2.24, 2.45) is 0 Å². The van der Waals surface area contributed by atoms with Crippen LogP contribution in [0.3, 0.4) is 0 Å². The molecule has 5 nitrogen and oxygen atoms in total. The predicted octanol–water partition coefficient (Wildman–Crippen LogP) is 3.95. The molecule has 2 aromatic heterocycles. The van der Waals surface area contributed by atoms with Crippen molar-refractivity contribution in [3.63, 3.8) is 0 Å². The minimum Gasteiger partial charge on any atom is -0.437 e. The van der Waals surface area contributed by atoms with Crippen LogP contribution in [0.2, 0.25) is 5.02 Å². The Bertz CT molecular complexity index is 802. The molecule has 0 atom stereocenters. The highest BCUT2D eigenvalue weighted by molar-refractivity contribution is 9.10. The van der Waals surface area contributed by atoms with E-state index in [1.165, 1.54) is 6.33 Å². The van der Waals surface area contributed by atoms with Gasteiger partial charge in [-0.15, -0.1) is 0 Å². The van der Waals surface area contributed by atoms with Gasteiger partial charge in [0.25, 0.3) is 5.78 Å². The summed E-state index contributed by atoms with van der Waals surface area (Å²) in [4.78, 5) is 8.43. The third-order valence-electron chi connectivity index (χ3n) is 2.95. The molecule has 2 heterocycles. The molecule has 102 valence electrons. The van der Waals surface area contributed by atoms with Gasteiger partial charge in [-0.2, -0.15) is 14.6 Å². The van der Waals surface area contributed by atoms with E-state index in [0.29, 0.717) is 22.4 Å². The Morgan fingerprint density at radius 1 is 1.30 bits per heavy atom. The fourth-order valence-electron chi connectivity index (χ4n) is 1.78. The van der Waals surface area contributed by atoms with Crippen LogP contribution < -0.4 is 4.74 Å². The van der Waals surface area contributed by atoms with Gasteiger partial charge in [-0.1, -0.05) is 27.5 Å². The summed E-state index contributed by atoms with van der Waals surface area (Å²) in [5.74, 6) is 1.60. The molecule has 0 aliphatic heterocycles. The van der Waals surface area contributed by atoms with E-state index < -0.39 is 0 Å². The van der Waals surface area contributed by atoms with Crippen LogP contribution in [-0.2, 0) is 0 Å². The second kappa shape index (κ2) is 5.03. The largest absolute Gasteiger partial charge is 0.437 e. The Balaban J connectivity index is 2.17. The summed E-state index contributed by atoms with van der Waals surface area (Å²) in [6, 6.07) is 5.42. The first-order valence-electron chi connectivity index (χ1n) is 5.86. The van der Waals surface area contributed by atoms with Crippen molar-refractivity contribution in [3.8, 4) is 11.6 Å². The number of benzene rings is 1. The van der Waals surface area contributed by atoms with Gasteiger partial charge in [0.1, 0.15) is 12.1 Å². The van der Waals surface area contributed by atoms with E-state index in [0.717, 1.165) is 15.7 Å². The lowest BCUT2D eigenvalue weighted by Gasteiger charge is -2.12. The minimum atomic E-state index is 0.495. The summed E-state index contributed by atoms with van der Waals surface area (Å²) in [5, 5.41) is 4.66. The average Bonchev–Trinajstić information content (AvgIpc) is 2.86. The molecular weight excluding hydrogens is 344 g/mol. The second-order valence-electron chi connectivity index (χ2n) is 4.28. The van der Waals surface area contributed by atoms with Crippen LogP contribution in [-0.4, -0.2) is 19.6 Å². The van der Waals surface area contributed by atoms with Crippen LogP contribution in [0.15, 0.2) is 29.0 Å². The lowest BCUT2D eigenvalue weighted by Crippen LogP contribution is -2.03. The molecule has 0 N–H and O–H groups in total. The highest BCUT2D eigenvalue weighted by Crippen LogP contribution is 2.33. The van der Waals surface area contributed by atoms with Gasteiger partial charge in [0, 0.05) is 15.7 Å². The first kappa shape index (κ1) is 13.3. The van der Waals surface area contributed by atoms with Crippen LogP contribution in [0.4, 0.5) is 0 Å². The molecule has 0 saturated heterocycles. The summed E-state index contributed by atoms with van der Waals surface area (Å²) in [6.45, 7) is 3.82. The maximum Gasteiger partial charge on any atom is 0.255 e. The standard InChI is InChI=1S/C13H10BrClN4O/c1-7-8(2)18-13-16-6-17-19(13)12(7)20-11-5-9(14)3-4-10(11)15/h3-6H,1-2H3. The predicted molar refractivity (Wildman–Crippen MR) is 79.5 cm³/mol. The average molecular weight is 354 g/mol. The SMILES string of the molecule is Cc1nc2ncnn2c(Oc2cc(Br)ccc2Cl)c1C. The fourth-order valence-corrected chi connectivity index (χ4v) is 2.28. The first-order valence-corrected chi connectivity index (χ1v) is 7.03. The normalized spacial score (nSPS) is 11.0. The number of hydrogen-bond acceptors (Lipinski definition) is 4.